The van der Waals surface area contributed by atoms with Gasteiger partial charge in [-0.25, -0.2) is 0 Å². The zero-order chi connectivity index (χ0) is 10.8. The smallest absolute Gasteiger partial charge is 0.111 e. The van der Waals surface area contributed by atoms with Crippen LogP contribution >= 0.6 is 0 Å². The maximum Gasteiger partial charge on any atom is 0.111 e. The first kappa shape index (κ1) is 9.90. The van der Waals surface area contributed by atoms with Gasteiger partial charge in [-0.05, 0) is 29.7 Å². The van der Waals surface area contributed by atoms with Crippen LogP contribution in [0.25, 0.3) is 11.4 Å². The molecular formula is C12H15N3. The molecule has 0 amide bonds. The van der Waals surface area contributed by atoms with Gasteiger partial charge in [0.2, 0.25) is 0 Å². The molecule has 0 aliphatic rings. The summed E-state index contributed by atoms with van der Waals surface area (Å²) < 4.78 is 1.79. The van der Waals surface area contributed by atoms with Crippen molar-refractivity contribution in [3.63, 3.8) is 0 Å². The number of hydrogen-bond acceptors (Lipinski definition) is 2. The lowest BCUT2D eigenvalue weighted by molar-refractivity contribution is 0.769. The van der Waals surface area contributed by atoms with Gasteiger partial charge in [0.15, 0.2) is 0 Å². The van der Waals surface area contributed by atoms with Gasteiger partial charge in [0.05, 0.1) is 5.69 Å². The SMILES string of the molecule is CC(C)c1ccnc(-c2ccn(C)n2)c1. The van der Waals surface area contributed by atoms with Crippen LogP contribution in [0.15, 0.2) is 30.6 Å². The molecule has 0 saturated heterocycles. The van der Waals surface area contributed by atoms with Crippen molar-refractivity contribution in [1.29, 1.82) is 0 Å². The fourth-order valence-corrected chi connectivity index (χ4v) is 1.50. The minimum absolute atomic E-state index is 0.524. The molecule has 15 heavy (non-hydrogen) atoms. The Labute approximate surface area is 89.8 Å². The van der Waals surface area contributed by atoms with Crippen LogP contribution in [0.4, 0.5) is 0 Å². The highest BCUT2D eigenvalue weighted by Crippen LogP contribution is 2.19. The molecule has 0 atom stereocenters. The Balaban J connectivity index is 2.41. The highest BCUT2D eigenvalue weighted by Gasteiger charge is 2.05. The molecule has 0 aliphatic heterocycles. The summed E-state index contributed by atoms with van der Waals surface area (Å²) in [5.74, 6) is 0.524. The van der Waals surface area contributed by atoms with E-state index in [0.717, 1.165) is 11.4 Å². The first-order chi connectivity index (χ1) is 7.16. The van der Waals surface area contributed by atoms with E-state index in [-0.39, 0.29) is 0 Å². The Morgan fingerprint density at radius 3 is 2.60 bits per heavy atom. The molecule has 0 spiro atoms. The molecule has 0 fully saturated rings. The molecule has 3 heteroatoms. The van der Waals surface area contributed by atoms with E-state index in [0.29, 0.717) is 5.92 Å². The Hall–Kier alpha value is -1.64. The summed E-state index contributed by atoms with van der Waals surface area (Å²) in [4.78, 5) is 4.33. The quantitative estimate of drug-likeness (QED) is 0.747. The van der Waals surface area contributed by atoms with E-state index in [1.807, 2.05) is 25.5 Å². The standard InChI is InChI=1S/C12H15N3/c1-9(2)10-4-6-13-12(8-10)11-5-7-15(3)14-11/h4-9H,1-3H3. The molecular weight excluding hydrogens is 186 g/mol. The first-order valence-electron chi connectivity index (χ1n) is 5.13. The molecule has 0 unspecified atom stereocenters. The summed E-state index contributed by atoms with van der Waals surface area (Å²) in [5.41, 5.74) is 3.17. The average Bonchev–Trinajstić information content (AvgIpc) is 2.65. The summed E-state index contributed by atoms with van der Waals surface area (Å²) in [6.07, 6.45) is 3.78. The fraction of sp³-hybridized carbons (Fsp3) is 0.333. The van der Waals surface area contributed by atoms with Gasteiger partial charge in [-0.1, -0.05) is 13.8 Å². The zero-order valence-corrected chi connectivity index (χ0v) is 9.31. The average molecular weight is 201 g/mol. The largest absolute Gasteiger partial charge is 0.275 e. The molecule has 78 valence electrons. The zero-order valence-electron chi connectivity index (χ0n) is 9.31. The second-order valence-electron chi connectivity index (χ2n) is 4.00. The summed E-state index contributed by atoms with van der Waals surface area (Å²) in [5, 5.41) is 4.34. The normalized spacial score (nSPS) is 10.9. The Kier molecular flexibility index (Phi) is 2.54. The van der Waals surface area contributed by atoms with Crippen molar-refractivity contribution in [1.82, 2.24) is 14.8 Å². The van der Waals surface area contributed by atoms with Gasteiger partial charge >= 0.3 is 0 Å². The number of aromatic nitrogens is 3. The van der Waals surface area contributed by atoms with E-state index >= 15 is 0 Å². The van der Waals surface area contributed by atoms with E-state index in [1.165, 1.54) is 5.56 Å². The third-order valence-electron chi connectivity index (χ3n) is 2.43. The van der Waals surface area contributed by atoms with Gasteiger partial charge in [0, 0.05) is 19.4 Å². The van der Waals surface area contributed by atoms with Crippen molar-refractivity contribution in [3.05, 3.63) is 36.2 Å². The first-order valence-corrected chi connectivity index (χ1v) is 5.13. The van der Waals surface area contributed by atoms with Gasteiger partial charge in [-0.2, -0.15) is 5.10 Å². The molecule has 3 nitrogen and oxygen atoms in total. The van der Waals surface area contributed by atoms with Gasteiger partial charge in [-0.3, -0.25) is 9.67 Å². The number of nitrogens with zero attached hydrogens (tertiary/aromatic N) is 3. The lowest BCUT2D eigenvalue weighted by Gasteiger charge is -2.05. The van der Waals surface area contributed by atoms with Gasteiger partial charge < -0.3 is 0 Å². The molecule has 0 bridgehead atoms. The predicted molar refractivity (Wildman–Crippen MR) is 60.5 cm³/mol. The molecule has 2 heterocycles. The summed E-state index contributed by atoms with van der Waals surface area (Å²) in [7, 11) is 1.91. The van der Waals surface area contributed by atoms with Crippen LogP contribution in [0, 0.1) is 0 Å². The second kappa shape index (κ2) is 3.85. The number of hydrogen-bond donors (Lipinski definition) is 0. The lowest BCUT2D eigenvalue weighted by atomic mass is 10.0. The lowest BCUT2D eigenvalue weighted by Crippen LogP contribution is -1.92. The van der Waals surface area contributed by atoms with Crippen molar-refractivity contribution in [2.24, 2.45) is 7.05 Å². The number of rotatable bonds is 2. The van der Waals surface area contributed by atoms with Gasteiger partial charge in [0.1, 0.15) is 5.69 Å². The molecule has 0 aromatic carbocycles. The van der Waals surface area contributed by atoms with E-state index in [9.17, 15) is 0 Å². The van der Waals surface area contributed by atoms with Crippen molar-refractivity contribution >= 4 is 0 Å². The third kappa shape index (κ3) is 2.06. The summed E-state index contributed by atoms with van der Waals surface area (Å²) >= 11 is 0. The predicted octanol–water partition coefficient (Wildman–Crippen LogP) is 2.61. The minimum Gasteiger partial charge on any atom is -0.275 e. The van der Waals surface area contributed by atoms with E-state index in [1.54, 1.807) is 4.68 Å². The molecule has 0 radical (unpaired) electrons. The number of aryl methyl sites for hydroxylation is 1. The molecule has 2 aromatic rings. The maximum absolute atomic E-state index is 4.34. The minimum atomic E-state index is 0.524. The Morgan fingerprint density at radius 2 is 2.00 bits per heavy atom. The van der Waals surface area contributed by atoms with Gasteiger partial charge in [0.25, 0.3) is 0 Å². The monoisotopic (exact) mass is 201 g/mol. The summed E-state index contributed by atoms with van der Waals surface area (Å²) in [6.45, 7) is 4.36. The molecule has 2 aromatic heterocycles. The van der Waals surface area contributed by atoms with Crippen LogP contribution in [0.2, 0.25) is 0 Å². The Morgan fingerprint density at radius 1 is 1.20 bits per heavy atom. The third-order valence-corrected chi connectivity index (χ3v) is 2.43. The Bertz CT molecular complexity index is 457. The van der Waals surface area contributed by atoms with Crippen molar-refractivity contribution in [2.45, 2.75) is 19.8 Å². The molecule has 2 rings (SSSR count). The van der Waals surface area contributed by atoms with Crippen LogP contribution in [0.1, 0.15) is 25.3 Å². The molecule has 0 aliphatic carbocycles. The molecule has 0 saturated carbocycles. The van der Waals surface area contributed by atoms with E-state index in [2.05, 4.69) is 36.1 Å². The fourth-order valence-electron chi connectivity index (χ4n) is 1.50. The van der Waals surface area contributed by atoms with Crippen LogP contribution in [-0.4, -0.2) is 14.8 Å². The van der Waals surface area contributed by atoms with Crippen LogP contribution in [-0.2, 0) is 7.05 Å². The highest BCUT2D eigenvalue weighted by atomic mass is 15.2. The summed E-state index contributed by atoms with van der Waals surface area (Å²) in [6, 6.07) is 6.14. The number of pyridine rings is 1. The van der Waals surface area contributed by atoms with Crippen LogP contribution in [0.3, 0.4) is 0 Å². The van der Waals surface area contributed by atoms with E-state index < -0.39 is 0 Å². The van der Waals surface area contributed by atoms with Gasteiger partial charge in [-0.15, -0.1) is 0 Å². The topological polar surface area (TPSA) is 30.7 Å². The molecule has 0 N–H and O–H groups in total. The van der Waals surface area contributed by atoms with E-state index in [4.69, 9.17) is 0 Å². The second-order valence-corrected chi connectivity index (χ2v) is 4.00. The van der Waals surface area contributed by atoms with Crippen molar-refractivity contribution in [2.75, 3.05) is 0 Å². The van der Waals surface area contributed by atoms with Crippen LogP contribution in [0.5, 0.6) is 0 Å². The van der Waals surface area contributed by atoms with Crippen LogP contribution < -0.4 is 0 Å². The maximum atomic E-state index is 4.34. The van der Waals surface area contributed by atoms with Crippen molar-refractivity contribution in [3.8, 4) is 11.4 Å². The van der Waals surface area contributed by atoms with Crippen molar-refractivity contribution < 1.29 is 0 Å². The highest BCUT2D eigenvalue weighted by molar-refractivity contribution is 5.54.